The third kappa shape index (κ3) is 2.33. The van der Waals surface area contributed by atoms with Crippen molar-refractivity contribution >= 4 is 13.3 Å². The molecule has 1 aromatic carbocycles. The van der Waals surface area contributed by atoms with Crippen molar-refractivity contribution in [3.8, 4) is 5.75 Å². The van der Waals surface area contributed by atoms with Gasteiger partial charge in [-0.1, -0.05) is 49.6 Å². The first kappa shape index (κ1) is 11.3. The van der Waals surface area contributed by atoms with Gasteiger partial charge in [0.15, 0.2) is 0 Å². The van der Waals surface area contributed by atoms with E-state index in [2.05, 4.69) is 13.2 Å². The molecule has 0 aromatic heterocycles. The number of hydrogen-bond acceptors (Lipinski definition) is 2. The van der Waals surface area contributed by atoms with Gasteiger partial charge >= 0.3 is 7.69 Å². The highest BCUT2D eigenvalue weighted by molar-refractivity contribution is 6.21. The first-order valence-electron chi connectivity index (χ1n) is 5.37. The number of rotatable bonds is 2. The topological polar surface area (TPSA) is 18.5 Å². The third-order valence-corrected chi connectivity index (χ3v) is 2.43. The lowest BCUT2D eigenvalue weighted by atomic mass is 10.0. The first-order valence-corrected chi connectivity index (χ1v) is 5.37. The summed E-state index contributed by atoms with van der Waals surface area (Å²) >= 11 is 0. The van der Waals surface area contributed by atoms with Crippen molar-refractivity contribution in [2.24, 2.45) is 0 Å². The maximum atomic E-state index is 5.54. The van der Waals surface area contributed by atoms with Gasteiger partial charge < -0.3 is 9.31 Å². The number of para-hydroxylation sites is 1. The van der Waals surface area contributed by atoms with E-state index < -0.39 is 0 Å². The van der Waals surface area contributed by atoms with Gasteiger partial charge in [-0.15, -0.1) is 0 Å². The number of benzene rings is 1. The van der Waals surface area contributed by atoms with Crippen LogP contribution in [0.15, 0.2) is 67.5 Å². The fourth-order valence-electron chi connectivity index (χ4n) is 1.72. The lowest BCUT2D eigenvalue weighted by Gasteiger charge is -2.08. The fraction of sp³-hybridized carbons (Fsp3) is 0. The Balaban J connectivity index is 2.58. The third-order valence-electron chi connectivity index (χ3n) is 2.43. The Bertz CT molecular complexity index is 501. The van der Waals surface area contributed by atoms with Crippen LogP contribution in [0.4, 0.5) is 0 Å². The summed E-state index contributed by atoms with van der Waals surface area (Å²) in [6.45, 7) is 7.41. The molecule has 0 unspecified atom stereocenters. The van der Waals surface area contributed by atoms with E-state index in [1.807, 2.05) is 36.4 Å². The standard InChI is InChI=1S/C14H13BO2/c1-3-7-11-12-9-5-6-10-14(12)17-15-16-13(11)8-4-2/h3-10,15H,1-2H2/b11-7-,13-8+. The molecular weight excluding hydrogens is 211 g/mol. The second-order valence-electron chi connectivity index (χ2n) is 3.49. The summed E-state index contributed by atoms with van der Waals surface area (Å²) in [5.41, 5.74) is 1.95. The van der Waals surface area contributed by atoms with E-state index in [0.29, 0.717) is 0 Å². The van der Waals surface area contributed by atoms with Gasteiger partial charge in [-0.2, -0.15) is 0 Å². The van der Waals surface area contributed by atoms with Crippen LogP contribution in [0.1, 0.15) is 5.56 Å². The molecule has 2 nitrogen and oxygen atoms in total. The van der Waals surface area contributed by atoms with Gasteiger partial charge in [0, 0.05) is 11.1 Å². The molecule has 0 bridgehead atoms. The van der Waals surface area contributed by atoms with E-state index in [1.165, 1.54) is 0 Å². The molecule has 84 valence electrons. The Hall–Kier alpha value is -2.16. The smallest absolute Gasteiger partial charge is 0.528 e. The minimum atomic E-state index is 0.200. The molecule has 0 spiro atoms. The van der Waals surface area contributed by atoms with E-state index in [4.69, 9.17) is 9.31 Å². The van der Waals surface area contributed by atoms with Crippen molar-refractivity contribution < 1.29 is 9.31 Å². The fourth-order valence-corrected chi connectivity index (χ4v) is 1.72. The summed E-state index contributed by atoms with van der Waals surface area (Å²) in [6.07, 6.45) is 7.15. The molecule has 0 aliphatic carbocycles. The van der Waals surface area contributed by atoms with Crippen LogP contribution in [0.2, 0.25) is 0 Å². The predicted molar refractivity (Wildman–Crippen MR) is 71.8 cm³/mol. The van der Waals surface area contributed by atoms with Crippen molar-refractivity contribution in [2.75, 3.05) is 0 Å². The van der Waals surface area contributed by atoms with Crippen LogP contribution in [0.5, 0.6) is 5.75 Å². The van der Waals surface area contributed by atoms with Crippen molar-refractivity contribution in [2.45, 2.75) is 0 Å². The normalized spacial score (nSPS) is 18.4. The molecule has 1 aromatic rings. The summed E-state index contributed by atoms with van der Waals surface area (Å²) < 4.78 is 11.1. The SMILES string of the molecule is C=C/C=C1\C(=C/C=C)OBOc2ccccc21. The molecule has 0 saturated heterocycles. The second-order valence-corrected chi connectivity index (χ2v) is 3.49. The minimum Gasteiger partial charge on any atom is -0.528 e. The molecule has 0 fully saturated rings. The van der Waals surface area contributed by atoms with Crippen molar-refractivity contribution in [3.63, 3.8) is 0 Å². The monoisotopic (exact) mass is 224 g/mol. The quantitative estimate of drug-likeness (QED) is 0.719. The molecular formula is C14H13BO2. The van der Waals surface area contributed by atoms with Gasteiger partial charge in [-0.25, -0.2) is 0 Å². The van der Waals surface area contributed by atoms with Gasteiger partial charge in [-0.3, -0.25) is 0 Å². The van der Waals surface area contributed by atoms with Gasteiger partial charge in [0.05, 0.1) is 0 Å². The lowest BCUT2D eigenvalue weighted by molar-refractivity contribution is 0.399. The first-order chi connectivity index (χ1) is 8.36. The summed E-state index contributed by atoms with van der Waals surface area (Å²) in [5, 5.41) is 0. The summed E-state index contributed by atoms with van der Waals surface area (Å²) in [7, 11) is 0.200. The van der Waals surface area contributed by atoms with Gasteiger partial charge in [0.1, 0.15) is 11.5 Å². The molecule has 0 radical (unpaired) electrons. The molecule has 0 amide bonds. The zero-order valence-electron chi connectivity index (χ0n) is 9.56. The molecule has 17 heavy (non-hydrogen) atoms. The highest BCUT2D eigenvalue weighted by atomic mass is 16.6. The van der Waals surface area contributed by atoms with Crippen molar-refractivity contribution in [3.05, 3.63) is 73.1 Å². The Labute approximate surface area is 102 Å². The Morgan fingerprint density at radius 1 is 1.00 bits per heavy atom. The number of allylic oxidation sites excluding steroid dienone is 5. The second kappa shape index (κ2) is 5.26. The van der Waals surface area contributed by atoms with Crippen LogP contribution < -0.4 is 4.65 Å². The Kier molecular flexibility index (Phi) is 3.50. The Morgan fingerprint density at radius 2 is 1.76 bits per heavy atom. The molecule has 3 heteroatoms. The van der Waals surface area contributed by atoms with Gasteiger partial charge in [0.25, 0.3) is 0 Å². The predicted octanol–water partition coefficient (Wildman–Crippen LogP) is 3.00. The van der Waals surface area contributed by atoms with Gasteiger partial charge in [0.2, 0.25) is 0 Å². The summed E-state index contributed by atoms with van der Waals surface area (Å²) in [6, 6.07) is 7.82. The van der Waals surface area contributed by atoms with Crippen LogP contribution in [-0.2, 0) is 4.65 Å². The van der Waals surface area contributed by atoms with Crippen LogP contribution in [-0.4, -0.2) is 7.69 Å². The van der Waals surface area contributed by atoms with Crippen LogP contribution in [0.3, 0.4) is 0 Å². The van der Waals surface area contributed by atoms with E-state index in [0.717, 1.165) is 22.6 Å². The molecule has 0 N–H and O–H groups in total. The maximum absolute atomic E-state index is 5.54. The average molecular weight is 224 g/mol. The zero-order valence-corrected chi connectivity index (χ0v) is 9.56. The minimum absolute atomic E-state index is 0.200. The molecule has 0 atom stereocenters. The summed E-state index contributed by atoms with van der Waals surface area (Å²) in [5.74, 6) is 1.55. The molecule has 2 rings (SSSR count). The highest BCUT2D eigenvalue weighted by Crippen LogP contribution is 2.33. The van der Waals surface area contributed by atoms with E-state index in [9.17, 15) is 0 Å². The van der Waals surface area contributed by atoms with Crippen LogP contribution in [0, 0.1) is 0 Å². The molecule has 1 aliphatic rings. The highest BCUT2D eigenvalue weighted by Gasteiger charge is 2.18. The maximum Gasteiger partial charge on any atom is 0.576 e. The number of fused-ring (bicyclic) bond motifs is 1. The van der Waals surface area contributed by atoms with E-state index in [1.54, 1.807) is 12.2 Å². The lowest BCUT2D eigenvalue weighted by Crippen LogP contribution is -2.04. The summed E-state index contributed by atoms with van der Waals surface area (Å²) in [4.78, 5) is 0. The van der Waals surface area contributed by atoms with Crippen molar-refractivity contribution in [1.29, 1.82) is 0 Å². The molecule has 1 aliphatic heterocycles. The number of hydrogen-bond donors (Lipinski definition) is 0. The zero-order chi connectivity index (χ0) is 12.1. The van der Waals surface area contributed by atoms with Crippen LogP contribution >= 0.6 is 0 Å². The molecule has 1 heterocycles. The van der Waals surface area contributed by atoms with E-state index >= 15 is 0 Å². The molecule has 0 saturated carbocycles. The van der Waals surface area contributed by atoms with Crippen molar-refractivity contribution in [1.82, 2.24) is 0 Å². The largest absolute Gasteiger partial charge is 0.576 e. The average Bonchev–Trinajstić information content (AvgIpc) is 2.51. The van der Waals surface area contributed by atoms with E-state index in [-0.39, 0.29) is 7.69 Å². The van der Waals surface area contributed by atoms with Crippen LogP contribution in [0.25, 0.3) is 5.57 Å². The Morgan fingerprint density at radius 3 is 2.53 bits per heavy atom. The van der Waals surface area contributed by atoms with Gasteiger partial charge in [-0.05, 0) is 12.1 Å².